The summed E-state index contributed by atoms with van der Waals surface area (Å²) in [6.45, 7) is 13.2. The largest absolute Gasteiger partial charge is 0.381 e. The van der Waals surface area contributed by atoms with Crippen molar-refractivity contribution in [1.82, 2.24) is 24.4 Å². The number of halogens is 5. The molecule has 3 aliphatic rings. The van der Waals surface area contributed by atoms with Crippen LogP contribution < -0.4 is 4.90 Å². The number of aryl methyl sites for hydroxylation is 2. The van der Waals surface area contributed by atoms with Gasteiger partial charge in [-0.25, -0.2) is 18.2 Å². The summed E-state index contributed by atoms with van der Waals surface area (Å²) in [6, 6.07) is 4.24. The van der Waals surface area contributed by atoms with Gasteiger partial charge in [0.05, 0.1) is 5.02 Å². The SMILES string of the molecule is C1CCOC1.CC.Cc1nc2c(N3C[C@@H](C)N(C(c4ccc(F)c(Cl)c4)C4CC(F)(F)C4)CC3C)nc(Cl)nc2n1C. The van der Waals surface area contributed by atoms with Crippen molar-refractivity contribution in [1.29, 1.82) is 0 Å². The number of aromatic nitrogens is 4. The van der Waals surface area contributed by atoms with Crippen LogP contribution in [-0.4, -0.2) is 68.7 Å². The number of ether oxygens (including phenoxy) is 1. The van der Waals surface area contributed by atoms with Crippen molar-refractivity contribution in [3.63, 3.8) is 0 Å². The Labute approximate surface area is 256 Å². The number of anilines is 1. The fraction of sp³-hybridized carbons (Fsp3) is 0.633. The number of piperazine rings is 1. The van der Waals surface area contributed by atoms with Gasteiger partial charge in [-0.3, -0.25) is 4.90 Å². The van der Waals surface area contributed by atoms with Crippen LogP contribution in [0.15, 0.2) is 18.2 Å². The maximum atomic E-state index is 13.9. The highest BCUT2D eigenvalue weighted by molar-refractivity contribution is 6.30. The first-order valence-electron chi connectivity index (χ1n) is 14.7. The summed E-state index contributed by atoms with van der Waals surface area (Å²) < 4.78 is 48.5. The molecule has 0 N–H and O–H groups in total. The molecule has 0 spiro atoms. The van der Waals surface area contributed by atoms with Gasteiger partial charge in [0.15, 0.2) is 17.0 Å². The maximum absolute atomic E-state index is 13.9. The lowest BCUT2D eigenvalue weighted by atomic mass is 9.73. The summed E-state index contributed by atoms with van der Waals surface area (Å²) >= 11 is 12.4. The van der Waals surface area contributed by atoms with Gasteiger partial charge >= 0.3 is 0 Å². The van der Waals surface area contributed by atoms with Gasteiger partial charge < -0.3 is 14.2 Å². The Balaban J connectivity index is 0.000000516. The molecule has 2 saturated heterocycles. The van der Waals surface area contributed by atoms with E-state index < -0.39 is 11.7 Å². The zero-order valence-electron chi connectivity index (χ0n) is 25.2. The van der Waals surface area contributed by atoms with Crippen LogP contribution in [0.3, 0.4) is 0 Å². The second kappa shape index (κ2) is 13.7. The van der Waals surface area contributed by atoms with E-state index >= 15 is 0 Å². The number of alkyl halides is 2. The van der Waals surface area contributed by atoms with Crippen molar-refractivity contribution in [2.75, 3.05) is 31.2 Å². The van der Waals surface area contributed by atoms with Crippen LogP contribution in [0.5, 0.6) is 0 Å². The fourth-order valence-corrected chi connectivity index (χ4v) is 6.39. The zero-order chi connectivity index (χ0) is 30.8. The van der Waals surface area contributed by atoms with E-state index in [1.165, 1.54) is 18.9 Å². The minimum atomic E-state index is -2.66. The van der Waals surface area contributed by atoms with Gasteiger partial charge in [-0.05, 0) is 68.8 Å². The van der Waals surface area contributed by atoms with Gasteiger partial charge in [-0.1, -0.05) is 31.5 Å². The molecular weight excluding hydrogens is 588 g/mol. The van der Waals surface area contributed by atoms with Crippen molar-refractivity contribution in [3.05, 3.63) is 45.7 Å². The van der Waals surface area contributed by atoms with E-state index in [2.05, 4.69) is 38.6 Å². The van der Waals surface area contributed by atoms with Crippen LogP contribution in [0.1, 0.15) is 70.8 Å². The van der Waals surface area contributed by atoms with Crippen LogP contribution in [0.25, 0.3) is 11.2 Å². The summed E-state index contributed by atoms with van der Waals surface area (Å²) in [5, 5.41) is 0.148. The highest BCUT2D eigenvalue weighted by Gasteiger charge is 2.51. The Kier molecular flexibility index (Phi) is 10.7. The van der Waals surface area contributed by atoms with E-state index in [-0.39, 0.29) is 47.2 Å². The third-order valence-corrected chi connectivity index (χ3v) is 8.70. The Morgan fingerprint density at radius 1 is 1.00 bits per heavy atom. The third kappa shape index (κ3) is 6.98. The molecule has 1 aliphatic carbocycles. The van der Waals surface area contributed by atoms with Crippen LogP contribution in [0, 0.1) is 18.7 Å². The average Bonchev–Trinajstić information content (AvgIpc) is 3.61. The summed E-state index contributed by atoms with van der Waals surface area (Å²) in [4.78, 5) is 17.9. The second-order valence-corrected chi connectivity index (χ2v) is 12.0. The number of nitrogens with zero attached hydrogens (tertiary/aromatic N) is 6. The van der Waals surface area contributed by atoms with Crippen molar-refractivity contribution in [2.45, 2.75) is 84.4 Å². The second-order valence-electron chi connectivity index (χ2n) is 11.2. The zero-order valence-corrected chi connectivity index (χ0v) is 26.7. The molecule has 4 heterocycles. The lowest BCUT2D eigenvalue weighted by Crippen LogP contribution is -2.59. The van der Waals surface area contributed by atoms with E-state index in [9.17, 15) is 13.2 Å². The normalized spacial score (nSPS) is 23.1. The predicted molar refractivity (Wildman–Crippen MR) is 162 cm³/mol. The summed E-state index contributed by atoms with van der Waals surface area (Å²) in [7, 11) is 1.88. The molecule has 42 heavy (non-hydrogen) atoms. The topological polar surface area (TPSA) is 59.3 Å². The first-order valence-corrected chi connectivity index (χ1v) is 15.5. The molecule has 232 valence electrons. The molecule has 0 bridgehead atoms. The highest BCUT2D eigenvalue weighted by atomic mass is 35.5. The fourth-order valence-electron chi connectivity index (χ4n) is 6.04. The molecule has 1 saturated carbocycles. The van der Waals surface area contributed by atoms with Crippen LogP contribution >= 0.6 is 23.2 Å². The first kappa shape index (κ1) is 32.8. The van der Waals surface area contributed by atoms with E-state index in [1.807, 2.05) is 32.4 Å². The minimum absolute atomic E-state index is 0.00135. The minimum Gasteiger partial charge on any atom is -0.381 e. The molecule has 2 unspecified atom stereocenters. The molecular formula is C30H41Cl2F3N6O. The molecule has 6 rings (SSSR count). The Bertz CT molecular complexity index is 1350. The van der Waals surface area contributed by atoms with Crippen molar-refractivity contribution < 1.29 is 17.9 Å². The number of hydrogen-bond donors (Lipinski definition) is 0. The number of rotatable bonds is 4. The third-order valence-electron chi connectivity index (χ3n) is 8.24. The monoisotopic (exact) mass is 628 g/mol. The molecule has 0 radical (unpaired) electrons. The number of benzene rings is 1. The molecule has 3 atom stereocenters. The Morgan fingerprint density at radius 2 is 1.67 bits per heavy atom. The number of fused-ring (bicyclic) bond motifs is 1. The van der Waals surface area contributed by atoms with E-state index in [0.717, 1.165) is 24.6 Å². The standard InChI is InChI=1S/C24H27Cl2F3N6.C4H8O.C2H6/c1-12-11-35(22-19-21(31-23(26)32-22)33(4)14(3)30-19)13(2)10-34(12)20(16-8-24(28,29)9-16)15-5-6-18(27)17(25)7-15;1-2-4-5-3-1;1-2/h5-7,12-13,16,20H,8-11H2,1-4H3;1-4H2;1-2H3/t12-,13?,20?;;/m1../s1. The van der Waals surface area contributed by atoms with Crippen LogP contribution in [0.2, 0.25) is 10.3 Å². The smallest absolute Gasteiger partial charge is 0.248 e. The van der Waals surface area contributed by atoms with Crippen molar-refractivity contribution >= 4 is 40.2 Å². The molecule has 12 heteroatoms. The summed E-state index contributed by atoms with van der Waals surface area (Å²) in [5.74, 6) is -1.96. The van der Waals surface area contributed by atoms with Crippen molar-refractivity contribution in [2.24, 2.45) is 13.0 Å². The van der Waals surface area contributed by atoms with Gasteiger partial charge in [-0.2, -0.15) is 9.97 Å². The van der Waals surface area contributed by atoms with Gasteiger partial charge in [0.2, 0.25) is 11.2 Å². The number of imidazole rings is 1. The maximum Gasteiger partial charge on any atom is 0.248 e. The lowest BCUT2D eigenvalue weighted by molar-refractivity contribution is -0.137. The summed E-state index contributed by atoms with van der Waals surface area (Å²) in [6.07, 6.45) is 2.17. The van der Waals surface area contributed by atoms with Crippen LogP contribution in [-0.2, 0) is 11.8 Å². The molecule has 3 aromatic rings. The van der Waals surface area contributed by atoms with Gasteiger partial charge in [-0.15, -0.1) is 0 Å². The molecule has 1 aromatic carbocycles. The Morgan fingerprint density at radius 3 is 2.24 bits per heavy atom. The predicted octanol–water partition coefficient (Wildman–Crippen LogP) is 7.63. The molecule has 0 amide bonds. The summed E-state index contributed by atoms with van der Waals surface area (Å²) in [5.41, 5.74) is 2.11. The highest BCUT2D eigenvalue weighted by Crippen LogP contribution is 2.51. The first-order chi connectivity index (χ1) is 19.9. The lowest BCUT2D eigenvalue weighted by Gasteiger charge is -2.52. The van der Waals surface area contributed by atoms with E-state index in [0.29, 0.717) is 30.1 Å². The van der Waals surface area contributed by atoms with E-state index in [1.54, 1.807) is 12.1 Å². The van der Waals surface area contributed by atoms with Gasteiger partial charge in [0, 0.05) is 64.3 Å². The molecule has 7 nitrogen and oxygen atoms in total. The quantitative estimate of drug-likeness (QED) is 0.277. The van der Waals surface area contributed by atoms with Crippen LogP contribution in [0.4, 0.5) is 19.0 Å². The van der Waals surface area contributed by atoms with Gasteiger partial charge in [0.25, 0.3) is 0 Å². The molecule has 2 aromatic heterocycles. The van der Waals surface area contributed by atoms with Crippen molar-refractivity contribution in [3.8, 4) is 0 Å². The molecule has 2 aliphatic heterocycles. The Hall–Kier alpha value is -2.14. The number of hydrogen-bond acceptors (Lipinski definition) is 6. The average molecular weight is 630 g/mol. The van der Waals surface area contributed by atoms with Gasteiger partial charge in [0.1, 0.15) is 11.6 Å². The van der Waals surface area contributed by atoms with E-state index in [4.69, 9.17) is 27.9 Å². The molecule has 3 fully saturated rings.